The minimum absolute atomic E-state index is 0.203. The van der Waals surface area contributed by atoms with Crippen LogP contribution in [0.2, 0.25) is 0 Å². The van der Waals surface area contributed by atoms with Crippen LogP contribution in [0.5, 0.6) is 0 Å². The van der Waals surface area contributed by atoms with Gasteiger partial charge in [-0.2, -0.15) is 0 Å². The third-order valence-electron chi connectivity index (χ3n) is 1.92. The molecule has 1 aromatic carbocycles. The fraction of sp³-hybridized carbons (Fsp3) is 0.0909. The number of carboxylic acid groups (broad SMARTS) is 1. The molecule has 78 valence electrons. The molecule has 4 heteroatoms. The van der Waals surface area contributed by atoms with Gasteiger partial charge >= 0.3 is 5.97 Å². The molecule has 0 aliphatic rings. The molecule has 0 amide bonds. The highest BCUT2D eigenvalue weighted by Gasteiger charge is 2.05. The van der Waals surface area contributed by atoms with Crippen molar-refractivity contribution in [3.8, 4) is 0 Å². The minimum Gasteiger partial charge on any atom is -0.478 e. The van der Waals surface area contributed by atoms with E-state index >= 15 is 0 Å². The molecule has 0 aliphatic carbocycles. The van der Waals surface area contributed by atoms with Crippen LogP contribution in [0, 0.1) is 0 Å². The van der Waals surface area contributed by atoms with Crippen molar-refractivity contribution < 1.29 is 15.1 Å². The van der Waals surface area contributed by atoms with Crippen LogP contribution in [-0.2, 0) is 0 Å². The zero-order chi connectivity index (χ0) is 11.3. The molecule has 1 aromatic rings. The summed E-state index contributed by atoms with van der Waals surface area (Å²) in [6.45, 7) is 3.53. The Balaban J connectivity index is 2.97. The molecule has 0 bridgehead atoms. The van der Waals surface area contributed by atoms with E-state index in [1.165, 1.54) is 12.1 Å². The summed E-state index contributed by atoms with van der Waals surface area (Å²) in [5, 5.41) is 20.5. The molecular formula is C11H11NO3. The third-order valence-corrected chi connectivity index (χ3v) is 1.92. The van der Waals surface area contributed by atoms with Crippen LogP contribution in [0.4, 0.5) is 0 Å². The first kappa shape index (κ1) is 11.0. The molecule has 0 radical (unpaired) electrons. The van der Waals surface area contributed by atoms with Crippen molar-refractivity contribution in [3.05, 3.63) is 48.0 Å². The van der Waals surface area contributed by atoms with Crippen molar-refractivity contribution in [2.45, 2.75) is 6.42 Å². The summed E-state index contributed by atoms with van der Waals surface area (Å²) in [5.74, 6) is -0.979. The number of hydrogen-bond donors (Lipinski definition) is 2. The molecule has 0 fully saturated rings. The van der Waals surface area contributed by atoms with Gasteiger partial charge in [0.05, 0.1) is 11.3 Å². The van der Waals surface area contributed by atoms with E-state index in [0.29, 0.717) is 17.7 Å². The van der Waals surface area contributed by atoms with Gasteiger partial charge in [-0.15, -0.1) is 6.58 Å². The van der Waals surface area contributed by atoms with Crippen molar-refractivity contribution in [1.82, 2.24) is 0 Å². The number of carbonyl (C=O) groups is 1. The Hall–Kier alpha value is -2.10. The van der Waals surface area contributed by atoms with Crippen LogP contribution in [0.15, 0.2) is 42.1 Å². The summed E-state index contributed by atoms with van der Waals surface area (Å²) in [7, 11) is 0. The minimum atomic E-state index is -0.979. The van der Waals surface area contributed by atoms with Crippen LogP contribution >= 0.6 is 0 Å². The summed E-state index contributed by atoms with van der Waals surface area (Å²) in [5.41, 5.74) is 1.35. The highest BCUT2D eigenvalue weighted by atomic mass is 16.4. The molecular weight excluding hydrogens is 194 g/mol. The van der Waals surface area contributed by atoms with Gasteiger partial charge < -0.3 is 10.3 Å². The van der Waals surface area contributed by atoms with E-state index in [4.69, 9.17) is 10.3 Å². The Morgan fingerprint density at radius 3 is 2.27 bits per heavy atom. The van der Waals surface area contributed by atoms with Gasteiger partial charge in [0.25, 0.3) is 0 Å². The maximum Gasteiger partial charge on any atom is 0.335 e. The fourth-order valence-corrected chi connectivity index (χ4v) is 1.16. The summed E-state index contributed by atoms with van der Waals surface area (Å²) >= 11 is 0. The predicted molar refractivity (Wildman–Crippen MR) is 56.5 cm³/mol. The number of hydrogen-bond acceptors (Lipinski definition) is 3. The molecule has 0 heterocycles. The number of oxime groups is 1. The largest absolute Gasteiger partial charge is 0.478 e. The van der Waals surface area contributed by atoms with Crippen LogP contribution in [0.3, 0.4) is 0 Å². The first-order valence-corrected chi connectivity index (χ1v) is 4.34. The Morgan fingerprint density at radius 2 is 1.87 bits per heavy atom. The molecule has 4 nitrogen and oxygen atoms in total. The monoisotopic (exact) mass is 205 g/mol. The molecule has 0 spiro atoms. The molecule has 0 saturated heterocycles. The van der Waals surface area contributed by atoms with Crippen LogP contribution in [-0.4, -0.2) is 22.0 Å². The molecule has 1 rings (SSSR count). The van der Waals surface area contributed by atoms with Gasteiger partial charge in [0, 0.05) is 6.42 Å². The van der Waals surface area contributed by atoms with E-state index in [-0.39, 0.29) is 5.56 Å². The van der Waals surface area contributed by atoms with Gasteiger partial charge in [-0.1, -0.05) is 23.4 Å². The van der Waals surface area contributed by atoms with Gasteiger partial charge in [-0.25, -0.2) is 4.79 Å². The normalized spacial score (nSPS) is 11.1. The highest BCUT2D eigenvalue weighted by Crippen LogP contribution is 2.08. The zero-order valence-corrected chi connectivity index (χ0v) is 8.05. The Labute approximate surface area is 87.2 Å². The Kier molecular flexibility index (Phi) is 3.62. The third kappa shape index (κ3) is 2.67. The molecule has 0 atom stereocenters. The van der Waals surface area contributed by atoms with Crippen molar-refractivity contribution in [3.63, 3.8) is 0 Å². The van der Waals surface area contributed by atoms with Crippen LogP contribution in [0.25, 0.3) is 0 Å². The highest BCUT2D eigenvalue weighted by molar-refractivity contribution is 6.01. The van der Waals surface area contributed by atoms with Crippen molar-refractivity contribution >= 4 is 11.7 Å². The van der Waals surface area contributed by atoms with Crippen LogP contribution < -0.4 is 0 Å². The van der Waals surface area contributed by atoms with E-state index in [1.807, 2.05) is 0 Å². The number of aromatic carboxylic acids is 1. The molecule has 0 aliphatic heterocycles. The Morgan fingerprint density at radius 1 is 1.33 bits per heavy atom. The lowest BCUT2D eigenvalue weighted by atomic mass is 10.1. The lowest BCUT2D eigenvalue weighted by molar-refractivity contribution is 0.0697. The first-order valence-electron chi connectivity index (χ1n) is 4.34. The van der Waals surface area contributed by atoms with Gasteiger partial charge in [0.2, 0.25) is 0 Å². The van der Waals surface area contributed by atoms with Gasteiger partial charge in [0.1, 0.15) is 0 Å². The first-order chi connectivity index (χ1) is 7.19. The van der Waals surface area contributed by atoms with Gasteiger partial charge in [0.15, 0.2) is 0 Å². The smallest absolute Gasteiger partial charge is 0.335 e. The lowest BCUT2D eigenvalue weighted by Gasteiger charge is -2.01. The molecule has 2 N–H and O–H groups in total. The number of allylic oxidation sites excluding steroid dienone is 1. The quantitative estimate of drug-likeness (QED) is 0.342. The van der Waals surface area contributed by atoms with Gasteiger partial charge in [-0.05, 0) is 17.7 Å². The van der Waals surface area contributed by atoms with Crippen LogP contribution in [0.1, 0.15) is 22.3 Å². The average Bonchev–Trinajstić information content (AvgIpc) is 2.26. The summed E-state index contributed by atoms with van der Waals surface area (Å²) in [6.07, 6.45) is 2.04. The zero-order valence-electron chi connectivity index (χ0n) is 8.05. The predicted octanol–water partition coefficient (Wildman–Crippen LogP) is 2.14. The number of rotatable bonds is 4. The number of nitrogens with zero attached hydrogens (tertiary/aromatic N) is 1. The van der Waals surface area contributed by atoms with E-state index < -0.39 is 5.97 Å². The second-order valence-corrected chi connectivity index (χ2v) is 2.92. The second kappa shape index (κ2) is 4.95. The van der Waals surface area contributed by atoms with E-state index in [2.05, 4.69) is 11.7 Å². The number of benzene rings is 1. The van der Waals surface area contributed by atoms with Crippen molar-refractivity contribution in [2.24, 2.45) is 5.16 Å². The summed E-state index contributed by atoms with van der Waals surface area (Å²) < 4.78 is 0. The Bertz CT molecular complexity index is 393. The standard InChI is InChI=1S/C11H11NO3/c1-2-3-10(12-15)8-4-6-9(7-5-8)11(13)14/h2,4-7,15H,1,3H2,(H,13,14)/b12-10+. The fourth-order valence-electron chi connectivity index (χ4n) is 1.16. The lowest BCUT2D eigenvalue weighted by Crippen LogP contribution is -2.01. The summed E-state index contributed by atoms with van der Waals surface area (Å²) in [6, 6.07) is 6.13. The van der Waals surface area contributed by atoms with E-state index in [0.717, 1.165) is 0 Å². The number of carboxylic acids is 1. The second-order valence-electron chi connectivity index (χ2n) is 2.92. The molecule has 0 saturated carbocycles. The maximum absolute atomic E-state index is 10.6. The molecule has 15 heavy (non-hydrogen) atoms. The maximum atomic E-state index is 10.6. The summed E-state index contributed by atoms with van der Waals surface area (Å²) in [4.78, 5) is 10.6. The van der Waals surface area contributed by atoms with Crippen molar-refractivity contribution in [1.29, 1.82) is 0 Å². The SMILES string of the molecule is C=CC/C(=N\O)c1ccc(C(=O)O)cc1. The van der Waals surface area contributed by atoms with E-state index in [9.17, 15) is 4.79 Å². The van der Waals surface area contributed by atoms with Gasteiger partial charge in [-0.3, -0.25) is 0 Å². The topological polar surface area (TPSA) is 69.9 Å². The van der Waals surface area contributed by atoms with Crippen molar-refractivity contribution in [2.75, 3.05) is 0 Å². The average molecular weight is 205 g/mol. The molecule has 0 unspecified atom stereocenters. The molecule has 0 aromatic heterocycles. The van der Waals surface area contributed by atoms with E-state index in [1.54, 1.807) is 18.2 Å².